The van der Waals surface area contributed by atoms with E-state index < -0.39 is 0 Å². The fraction of sp³-hybridized carbons (Fsp3) is 0.350. The van der Waals surface area contributed by atoms with Crippen LogP contribution in [-0.4, -0.2) is 41.8 Å². The number of pyridine rings is 1. The molecule has 0 spiro atoms. The number of rotatable bonds is 5. The Morgan fingerprint density at radius 2 is 1.88 bits per heavy atom. The van der Waals surface area contributed by atoms with E-state index in [1.165, 1.54) is 0 Å². The number of hydrogen-bond donors (Lipinski definition) is 0. The van der Waals surface area contributed by atoms with Crippen molar-refractivity contribution in [3.8, 4) is 0 Å². The molecule has 1 aliphatic heterocycles. The molecule has 0 saturated carbocycles. The van der Waals surface area contributed by atoms with Gasteiger partial charge < -0.3 is 9.80 Å². The van der Waals surface area contributed by atoms with Crippen molar-refractivity contribution < 1.29 is 9.59 Å². The third-order valence-electron chi connectivity index (χ3n) is 4.68. The standard InChI is InChI=1S/C20H23N3O2/c1-15-3-5-18(6-4-15)23-14-17(13-19(23)24)20(25)22(2)12-9-16-7-10-21-11-8-16/h3-8,10-11,17H,9,12-14H2,1-2H3/t17-/m1/s1. The Bertz CT molecular complexity index is 743. The van der Waals surface area contributed by atoms with Gasteiger partial charge in [-0.25, -0.2) is 0 Å². The molecule has 0 radical (unpaired) electrons. The van der Waals surface area contributed by atoms with Gasteiger partial charge in [-0.15, -0.1) is 0 Å². The molecule has 0 aliphatic carbocycles. The van der Waals surface area contributed by atoms with Gasteiger partial charge in [0.15, 0.2) is 0 Å². The van der Waals surface area contributed by atoms with Crippen LogP contribution in [0.1, 0.15) is 17.5 Å². The molecule has 5 nitrogen and oxygen atoms in total. The van der Waals surface area contributed by atoms with Crippen molar-refractivity contribution in [1.29, 1.82) is 0 Å². The Kier molecular flexibility index (Phi) is 5.12. The third-order valence-corrected chi connectivity index (χ3v) is 4.68. The molecular weight excluding hydrogens is 314 g/mol. The van der Waals surface area contributed by atoms with Gasteiger partial charge >= 0.3 is 0 Å². The van der Waals surface area contributed by atoms with E-state index >= 15 is 0 Å². The topological polar surface area (TPSA) is 53.5 Å². The highest BCUT2D eigenvalue weighted by molar-refractivity contribution is 6.00. The SMILES string of the molecule is Cc1ccc(N2C[C@H](C(=O)N(C)CCc3ccncc3)CC2=O)cc1. The molecule has 1 fully saturated rings. The summed E-state index contributed by atoms with van der Waals surface area (Å²) in [5.41, 5.74) is 3.17. The Morgan fingerprint density at radius 3 is 2.56 bits per heavy atom. The predicted molar refractivity (Wildman–Crippen MR) is 97.2 cm³/mol. The zero-order chi connectivity index (χ0) is 17.8. The molecule has 1 aliphatic rings. The van der Waals surface area contributed by atoms with Crippen LogP contribution in [0, 0.1) is 12.8 Å². The number of amides is 2. The quantitative estimate of drug-likeness (QED) is 0.842. The lowest BCUT2D eigenvalue weighted by Gasteiger charge is -2.21. The van der Waals surface area contributed by atoms with Crippen molar-refractivity contribution in [3.05, 3.63) is 59.9 Å². The molecule has 25 heavy (non-hydrogen) atoms. The fourth-order valence-electron chi connectivity index (χ4n) is 3.12. The van der Waals surface area contributed by atoms with Crippen LogP contribution in [0.25, 0.3) is 0 Å². The number of aryl methyl sites for hydroxylation is 1. The summed E-state index contributed by atoms with van der Waals surface area (Å²) in [7, 11) is 1.81. The third kappa shape index (κ3) is 4.05. The van der Waals surface area contributed by atoms with E-state index in [4.69, 9.17) is 0 Å². The number of carbonyl (C=O) groups excluding carboxylic acids is 2. The maximum absolute atomic E-state index is 12.7. The molecule has 0 N–H and O–H groups in total. The minimum absolute atomic E-state index is 0.0183. The van der Waals surface area contributed by atoms with Crippen LogP contribution < -0.4 is 4.90 Å². The van der Waals surface area contributed by atoms with Crippen molar-refractivity contribution in [2.24, 2.45) is 5.92 Å². The van der Waals surface area contributed by atoms with E-state index in [1.807, 2.05) is 50.4 Å². The van der Waals surface area contributed by atoms with Crippen molar-refractivity contribution in [1.82, 2.24) is 9.88 Å². The first kappa shape index (κ1) is 17.1. The molecule has 0 bridgehead atoms. The highest BCUT2D eigenvalue weighted by atomic mass is 16.2. The zero-order valence-electron chi connectivity index (χ0n) is 14.7. The van der Waals surface area contributed by atoms with Crippen LogP contribution in [0.5, 0.6) is 0 Å². The summed E-state index contributed by atoms with van der Waals surface area (Å²) in [6.45, 7) is 3.11. The molecule has 1 atom stereocenters. The van der Waals surface area contributed by atoms with E-state index in [0.29, 0.717) is 13.1 Å². The summed E-state index contributed by atoms with van der Waals surface area (Å²) in [5.74, 6) is -0.210. The number of benzene rings is 1. The summed E-state index contributed by atoms with van der Waals surface area (Å²) in [5, 5.41) is 0. The van der Waals surface area contributed by atoms with Gasteiger partial charge in [-0.2, -0.15) is 0 Å². The molecule has 1 saturated heterocycles. The van der Waals surface area contributed by atoms with Crippen LogP contribution in [0.4, 0.5) is 5.69 Å². The first-order valence-corrected chi connectivity index (χ1v) is 8.55. The average molecular weight is 337 g/mol. The molecule has 0 unspecified atom stereocenters. The van der Waals surface area contributed by atoms with Crippen LogP contribution in [0.3, 0.4) is 0 Å². The smallest absolute Gasteiger partial charge is 0.227 e. The van der Waals surface area contributed by atoms with Gasteiger partial charge in [0.1, 0.15) is 0 Å². The first-order valence-electron chi connectivity index (χ1n) is 8.55. The molecule has 3 rings (SSSR count). The molecular formula is C20H23N3O2. The van der Waals surface area contributed by atoms with E-state index in [-0.39, 0.29) is 24.2 Å². The summed E-state index contributed by atoms with van der Waals surface area (Å²) in [4.78, 5) is 32.5. The lowest BCUT2D eigenvalue weighted by Crippen LogP contribution is -2.36. The summed E-state index contributed by atoms with van der Waals surface area (Å²) < 4.78 is 0. The average Bonchev–Trinajstić information content (AvgIpc) is 3.02. The maximum atomic E-state index is 12.7. The summed E-state index contributed by atoms with van der Waals surface area (Å²) in [6.07, 6.45) is 4.58. The second-order valence-electron chi connectivity index (χ2n) is 6.61. The van der Waals surface area contributed by atoms with Crippen molar-refractivity contribution in [2.75, 3.05) is 25.0 Å². The molecule has 130 valence electrons. The second kappa shape index (κ2) is 7.47. The van der Waals surface area contributed by atoms with Gasteiger partial charge in [-0.05, 0) is 43.2 Å². The number of hydrogen-bond acceptors (Lipinski definition) is 3. The van der Waals surface area contributed by atoms with Crippen molar-refractivity contribution in [3.63, 3.8) is 0 Å². The minimum Gasteiger partial charge on any atom is -0.345 e. The lowest BCUT2D eigenvalue weighted by atomic mass is 10.1. The first-order chi connectivity index (χ1) is 12.0. The van der Waals surface area contributed by atoms with Crippen molar-refractivity contribution >= 4 is 17.5 Å². The van der Waals surface area contributed by atoms with Crippen LogP contribution in [0.15, 0.2) is 48.8 Å². The van der Waals surface area contributed by atoms with Crippen LogP contribution >= 0.6 is 0 Å². The summed E-state index contributed by atoms with van der Waals surface area (Å²) >= 11 is 0. The lowest BCUT2D eigenvalue weighted by molar-refractivity contribution is -0.134. The molecule has 1 aromatic carbocycles. The molecule has 1 aromatic heterocycles. The van der Waals surface area contributed by atoms with Gasteiger partial charge in [-0.1, -0.05) is 17.7 Å². The Labute approximate surface area is 148 Å². The highest BCUT2D eigenvalue weighted by Gasteiger charge is 2.36. The Balaban J connectivity index is 1.59. The van der Waals surface area contributed by atoms with Crippen LogP contribution in [0.2, 0.25) is 0 Å². The van der Waals surface area contributed by atoms with Gasteiger partial charge in [0.2, 0.25) is 11.8 Å². The minimum atomic E-state index is -0.267. The van der Waals surface area contributed by atoms with Gasteiger partial charge in [0.05, 0.1) is 5.92 Å². The number of nitrogens with zero attached hydrogens (tertiary/aromatic N) is 3. The van der Waals surface area contributed by atoms with E-state index in [9.17, 15) is 9.59 Å². The van der Waals surface area contributed by atoms with E-state index in [2.05, 4.69) is 4.98 Å². The summed E-state index contributed by atoms with van der Waals surface area (Å²) in [6, 6.07) is 11.8. The number of anilines is 1. The van der Waals surface area contributed by atoms with Gasteiger partial charge in [-0.3, -0.25) is 14.6 Å². The molecule has 2 heterocycles. The molecule has 2 aromatic rings. The van der Waals surface area contributed by atoms with E-state index in [0.717, 1.165) is 23.2 Å². The number of likely N-dealkylation sites (N-methyl/N-ethyl adjacent to an activating group) is 1. The van der Waals surface area contributed by atoms with Crippen molar-refractivity contribution in [2.45, 2.75) is 19.8 Å². The molecule has 2 amide bonds. The largest absolute Gasteiger partial charge is 0.345 e. The normalized spacial score (nSPS) is 17.0. The number of aromatic nitrogens is 1. The Hall–Kier alpha value is -2.69. The zero-order valence-corrected chi connectivity index (χ0v) is 14.7. The fourth-order valence-corrected chi connectivity index (χ4v) is 3.12. The highest BCUT2D eigenvalue weighted by Crippen LogP contribution is 2.26. The second-order valence-corrected chi connectivity index (χ2v) is 6.61. The van der Waals surface area contributed by atoms with Gasteiger partial charge in [0.25, 0.3) is 0 Å². The predicted octanol–water partition coefficient (Wildman–Crippen LogP) is 2.44. The maximum Gasteiger partial charge on any atom is 0.227 e. The van der Waals surface area contributed by atoms with Gasteiger partial charge in [0, 0.05) is 44.6 Å². The molecule has 5 heteroatoms. The van der Waals surface area contributed by atoms with E-state index in [1.54, 1.807) is 22.2 Å². The van der Waals surface area contributed by atoms with Crippen LogP contribution in [-0.2, 0) is 16.0 Å². The Morgan fingerprint density at radius 1 is 1.20 bits per heavy atom. The monoisotopic (exact) mass is 337 g/mol. The number of carbonyl (C=O) groups is 2.